The van der Waals surface area contributed by atoms with Gasteiger partial charge in [0.05, 0.1) is 62.4 Å². The predicted octanol–water partition coefficient (Wildman–Crippen LogP) is 6.66. The number of aliphatic hydroxyl groups is 2. The number of aromatic nitrogens is 4. The highest BCUT2D eigenvalue weighted by Gasteiger charge is 2.41. The van der Waals surface area contributed by atoms with E-state index >= 15 is 0 Å². The van der Waals surface area contributed by atoms with Crippen LogP contribution in [0, 0.1) is 17.0 Å². The monoisotopic (exact) mass is 835 g/mol. The minimum atomic E-state index is -1.24. The zero-order chi connectivity index (χ0) is 42.9. The molecule has 312 valence electrons. The Morgan fingerprint density at radius 3 is 1.67 bits per heavy atom. The smallest absolute Gasteiger partial charge is 0.252 e. The maximum atomic E-state index is 13.7. The molecule has 2 atom stereocenters. The second-order valence-electron chi connectivity index (χ2n) is 16.2. The van der Waals surface area contributed by atoms with E-state index < -0.39 is 40.7 Å². The second-order valence-corrected chi connectivity index (χ2v) is 17.0. The van der Waals surface area contributed by atoms with E-state index in [2.05, 4.69) is 15.5 Å². The average Bonchev–Trinajstić information content (AvgIpc) is 3.69. The summed E-state index contributed by atoms with van der Waals surface area (Å²) in [6.45, 7) is 13.8. The van der Waals surface area contributed by atoms with Crippen LogP contribution in [0.3, 0.4) is 0 Å². The van der Waals surface area contributed by atoms with Gasteiger partial charge in [0.2, 0.25) is 5.91 Å². The summed E-state index contributed by atoms with van der Waals surface area (Å²) >= 11 is 11.8. The summed E-state index contributed by atoms with van der Waals surface area (Å²) in [7, 11) is 1.25. The van der Waals surface area contributed by atoms with Crippen molar-refractivity contribution in [2.24, 2.45) is 16.9 Å². The van der Waals surface area contributed by atoms with E-state index in [1.165, 1.54) is 43.8 Å². The van der Waals surface area contributed by atoms with Crippen LogP contribution >= 0.6 is 23.2 Å². The molecule has 0 saturated heterocycles. The average molecular weight is 837 g/mol. The molecule has 4 aromatic rings. The number of carbonyl (C=O) groups is 3. The van der Waals surface area contributed by atoms with Crippen LogP contribution in [0.5, 0.6) is 0 Å². The number of nitrogens with one attached hydrogen (secondary N) is 1. The molecule has 17 heteroatoms. The number of fused-ring (bicyclic) bond motifs is 2. The summed E-state index contributed by atoms with van der Waals surface area (Å²) < 4.78 is 36.0. The van der Waals surface area contributed by atoms with Crippen molar-refractivity contribution in [1.82, 2.24) is 29.8 Å². The molecule has 3 amide bonds. The van der Waals surface area contributed by atoms with Gasteiger partial charge in [-0.1, -0.05) is 58.8 Å². The molecule has 2 aromatic carbocycles. The number of hydrogen-bond acceptors (Lipinski definition) is 8. The number of benzene rings is 2. The molecular formula is C40H54Cl2F2N8O5. The molecule has 0 radical (unpaired) electrons. The second kappa shape index (κ2) is 17.2. The Labute approximate surface area is 343 Å². The summed E-state index contributed by atoms with van der Waals surface area (Å²) in [6, 6.07) is 7.16. The fourth-order valence-electron chi connectivity index (χ4n) is 6.76. The summed E-state index contributed by atoms with van der Waals surface area (Å²) in [4.78, 5) is 39.0. The largest absolute Gasteiger partial charge is 0.388 e. The van der Waals surface area contributed by atoms with Crippen molar-refractivity contribution in [2.75, 3.05) is 13.1 Å². The molecule has 2 aliphatic heterocycles. The van der Waals surface area contributed by atoms with Crippen molar-refractivity contribution in [1.29, 1.82) is 0 Å². The first-order valence-electron chi connectivity index (χ1n) is 18.6. The lowest BCUT2D eigenvalue weighted by Gasteiger charge is -2.40. The summed E-state index contributed by atoms with van der Waals surface area (Å²) in [5, 5.41) is 33.3. The number of primary amides is 2. The van der Waals surface area contributed by atoms with Gasteiger partial charge in [-0.3, -0.25) is 23.7 Å². The molecular weight excluding hydrogens is 781 g/mol. The van der Waals surface area contributed by atoms with Crippen molar-refractivity contribution >= 4 is 40.9 Å². The highest BCUT2D eigenvalue weighted by atomic mass is 35.5. The van der Waals surface area contributed by atoms with Crippen molar-refractivity contribution < 1.29 is 34.7 Å². The first-order chi connectivity index (χ1) is 26.4. The Hall–Kier alpha value is -4.41. The number of nitrogens with two attached hydrogens (primary N) is 2. The summed E-state index contributed by atoms with van der Waals surface area (Å²) in [6.07, 6.45) is 0.312. The molecule has 0 spiro atoms. The van der Waals surface area contributed by atoms with Crippen molar-refractivity contribution in [3.8, 4) is 22.5 Å². The van der Waals surface area contributed by atoms with Crippen LogP contribution in [0.15, 0.2) is 36.4 Å². The van der Waals surface area contributed by atoms with E-state index in [0.29, 0.717) is 47.7 Å². The topological polar surface area (TPSA) is 195 Å². The first-order valence-corrected chi connectivity index (χ1v) is 18.3. The summed E-state index contributed by atoms with van der Waals surface area (Å²) in [5.74, 6) is -2.60. The van der Waals surface area contributed by atoms with Crippen LogP contribution in [-0.4, -0.2) is 76.7 Å². The molecule has 0 saturated carbocycles. The third-order valence-corrected chi connectivity index (χ3v) is 10.1. The molecule has 0 bridgehead atoms. The molecule has 13 nitrogen and oxygen atoms in total. The molecule has 6 rings (SSSR count). The van der Waals surface area contributed by atoms with Crippen LogP contribution in [0.1, 0.15) is 115 Å². The standard InChI is InChI=1S/C22H28ClFN4O3.C16H18ClFN4O2.2CH4/c1-21(2,3)9-17(29)27-10-15-18(20(25)30)19(12-6-7-14(24)13(23)8-12)26-28(15)16(11-27)22(4,5)31;1-16(2,24)12-7-20-6-11-13(15(19)23)14(21-22(11)12)8-3-4-10(18)9(17)5-8;;/h6-8,16,31H,9-11H2,1-5H3,(H2,25,30);3-5,12,20,24H,6-7H2,1-2H3,(H2,19,23);2*1H4/i;;1D;. The van der Waals surface area contributed by atoms with E-state index in [4.69, 9.17) is 36.0 Å². The quantitative estimate of drug-likeness (QED) is 0.136. The van der Waals surface area contributed by atoms with Gasteiger partial charge in [0, 0.05) is 38.6 Å². The number of carbonyl (C=O) groups excluding carboxylic acids is 3. The fraction of sp³-hybridized carbons (Fsp3) is 0.475. The van der Waals surface area contributed by atoms with Crippen LogP contribution in [0.4, 0.5) is 8.78 Å². The first kappa shape index (κ1) is 45.3. The van der Waals surface area contributed by atoms with E-state index in [-0.39, 0.29) is 64.7 Å². The predicted molar refractivity (Wildman–Crippen MR) is 218 cm³/mol. The SMILES string of the molecule is C.CC(C)(C)CC(=O)N1Cc2c(C(N)=O)c(-c3ccc(F)c(Cl)c3)nn2C(C(C)(C)O)C1.CC(C)(O)C1CNCc2c(C(N)=O)c(-c3ccc(F)c(Cl)c3)nn21.[2H]C. The van der Waals surface area contributed by atoms with E-state index in [0.717, 1.165) is 0 Å². The van der Waals surface area contributed by atoms with Gasteiger partial charge >= 0.3 is 0 Å². The van der Waals surface area contributed by atoms with Crippen LogP contribution in [0.25, 0.3) is 22.5 Å². The lowest BCUT2D eigenvalue weighted by molar-refractivity contribution is -0.137. The van der Waals surface area contributed by atoms with E-state index in [1.54, 1.807) is 42.0 Å². The number of halogens is 4. The minimum Gasteiger partial charge on any atom is -0.388 e. The lowest BCUT2D eigenvalue weighted by Crippen LogP contribution is -2.49. The lowest BCUT2D eigenvalue weighted by atomic mass is 9.90. The fourth-order valence-corrected chi connectivity index (χ4v) is 7.12. The third-order valence-electron chi connectivity index (χ3n) is 9.52. The third kappa shape index (κ3) is 10.0. The van der Waals surface area contributed by atoms with Gasteiger partial charge < -0.3 is 31.9 Å². The molecule has 0 fully saturated rings. The van der Waals surface area contributed by atoms with Crippen LogP contribution in [0.2, 0.25) is 10.0 Å². The molecule has 2 aliphatic rings. The van der Waals surface area contributed by atoms with Crippen molar-refractivity contribution in [2.45, 2.75) is 106 Å². The Bertz CT molecular complexity index is 2160. The summed E-state index contributed by atoms with van der Waals surface area (Å²) in [5.41, 5.74) is 11.6. The number of nitrogens with zero attached hydrogens (tertiary/aromatic N) is 5. The normalized spacial score (nSPS) is 16.7. The van der Waals surface area contributed by atoms with Gasteiger partial charge in [0.25, 0.3) is 11.8 Å². The molecule has 2 unspecified atom stereocenters. The zero-order valence-electron chi connectivity index (χ0n) is 33.7. The Morgan fingerprint density at radius 1 is 0.825 bits per heavy atom. The van der Waals surface area contributed by atoms with Gasteiger partial charge in [-0.05, 0) is 69.5 Å². The maximum absolute atomic E-state index is 13.7. The van der Waals surface area contributed by atoms with Crippen LogP contribution < -0.4 is 16.8 Å². The van der Waals surface area contributed by atoms with Gasteiger partial charge in [0.15, 0.2) is 0 Å². The zero-order valence-corrected chi connectivity index (χ0v) is 34.2. The highest BCUT2D eigenvalue weighted by Crippen LogP contribution is 2.38. The molecule has 4 heterocycles. The number of rotatable bonds is 7. The molecule has 7 N–H and O–H groups in total. The van der Waals surface area contributed by atoms with Gasteiger partial charge in [-0.15, -0.1) is 0 Å². The van der Waals surface area contributed by atoms with Crippen molar-refractivity contribution in [3.05, 3.63) is 80.6 Å². The van der Waals surface area contributed by atoms with E-state index in [1.807, 2.05) is 20.8 Å². The Balaban J connectivity index is 0.000000301. The minimum absolute atomic E-state index is 0. The molecule has 0 aliphatic carbocycles. The molecule has 57 heavy (non-hydrogen) atoms. The Kier molecular flexibility index (Phi) is 13.7. The van der Waals surface area contributed by atoms with Crippen molar-refractivity contribution in [3.63, 3.8) is 0 Å². The number of hydrogen-bond donors (Lipinski definition) is 5. The number of amides is 3. The van der Waals surface area contributed by atoms with Gasteiger partial charge in [0.1, 0.15) is 23.0 Å². The maximum Gasteiger partial charge on any atom is 0.252 e. The Morgan fingerprint density at radius 2 is 1.26 bits per heavy atom. The van der Waals surface area contributed by atoms with Gasteiger partial charge in [-0.25, -0.2) is 8.78 Å². The van der Waals surface area contributed by atoms with Crippen LogP contribution in [-0.2, 0) is 17.9 Å². The molecule has 2 aromatic heterocycles. The van der Waals surface area contributed by atoms with Gasteiger partial charge in [-0.2, -0.15) is 10.2 Å². The van der Waals surface area contributed by atoms with E-state index in [9.17, 15) is 33.4 Å². The highest BCUT2D eigenvalue weighted by molar-refractivity contribution is 6.31.